The summed E-state index contributed by atoms with van der Waals surface area (Å²) >= 11 is 2.66. The number of fused-ring (bicyclic) bond motifs is 9. The zero-order valence-electron chi connectivity index (χ0n) is 25.2. The van der Waals surface area contributed by atoms with Gasteiger partial charge in [-0.2, -0.15) is 13.2 Å². The fraction of sp³-hybridized carbons (Fsp3) is 0.343. The van der Waals surface area contributed by atoms with Gasteiger partial charge in [0.25, 0.3) is 0 Å². The Kier molecular flexibility index (Phi) is 7.10. The predicted octanol–water partition coefficient (Wildman–Crippen LogP) is 7.03. The molecule has 7 atom stereocenters. The first kappa shape index (κ1) is 30.3. The van der Waals surface area contributed by atoms with E-state index in [1.807, 2.05) is 49.4 Å². The minimum absolute atomic E-state index is 0.110. The number of methoxy groups -OCH3 is 1. The molecule has 0 radical (unpaired) electrons. The minimum Gasteiger partial charge on any atom is -0.493 e. The SMILES string of the molecule is COc1cc([C@@H]2c3sc(=O)[nH]c3S[C@@H]3[C@@H]4C[C@@H]([C@@H]5C(=O)N(c6ccccc6C(F)(F)F)C(=O)[C@@H]45)[C@@H]23)ccc1OCc1ccccc1C. The Morgan fingerprint density at radius 1 is 0.936 bits per heavy atom. The second kappa shape index (κ2) is 11.0. The number of benzene rings is 3. The van der Waals surface area contributed by atoms with E-state index in [-0.39, 0.29) is 33.8 Å². The van der Waals surface area contributed by atoms with Gasteiger partial charge in [-0.15, -0.1) is 11.8 Å². The molecule has 2 aliphatic heterocycles. The van der Waals surface area contributed by atoms with Gasteiger partial charge in [0.1, 0.15) is 6.61 Å². The number of thioether (sulfide) groups is 1. The van der Waals surface area contributed by atoms with E-state index in [9.17, 15) is 27.6 Å². The number of nitrogens with zero attached hydrogens (tertiary/aromatic N) is 1. The third-order valence-corrected chi connectivity index (χ3v) is 13.0. The van der Waals surface area contributed by atoms with Crippen LogP contribution in [-0.2, 0) is 22.4 Å². The van der Waals surface area contributed by atoms with Crippen molar-refractivity contribution in [3.05, 3.63) is 104 Å². The lowest BCUT2D eigenvalue weighted by molar-refractivity contribution is -0.137. The number of alkyl halides is 3. The maximum Gasteiger partial charge on any atom is 0.418 e. The average molecular weight is 679 g/mol. The van der Waals surface area contributed by atoms with Crippen LogP contribution in [0.4, 0.5) is 18.9 Å². The Bertz CT molecular complexity index is 1990. The Labute approximate surface area is 276 Å². The van der Waals surface area contributed by atoms with Crippen LogP contribution in [0.15, 0.2) is 76.6 Å². The predicted molar refractivity (Wildman–Crippen MR) is 171 cm³/mol. The summed E-state index contributed by atoms with van der Waals surface area (Å²) in [6, 6.07) is 18.4. The van der Waals surface area contributed by atoms with E-state index in [0.717, 1.165) is 48.9 Å². The standard InChI is InChI=1S/C35H29F3N2O5S2/c1-16-7-3-4-8-18(16)15-45-23-12-11-17(13-24(23)44-2)25-26-19-14-20(29(26)46-31-30(25)47-34(43)39-31)28-27(19)32(41)40(33(28)42)22-10-6-5-9-21(22)35(36,37)38/h3-13,19-20,25-29H,14-15H2,1-2H3,(H,39,43)/t19-,20-,25+,26+,27+,28+,29-/m1/s1. The summed E-state index contributed by atoms with van der Waals surface area (Å²) < 4.78 is 53.9. The van der Waals surface area contributed by atoms with Gasteiger partial charge in [0.15, 0.2) is 11.5 Å². The minimum atomic E-state index is -4.72. The van der Waals surface area contributed by atoms with Crippen LogP contribution in [0.1, 0.15) is 39.5 Å². The lowest BCUT2D eigenvalue weighted by atomic mass is 9.68. The molecule has 8 rings (SSSR count). The van der Waals surface area contributed by atoms with E-state index in [1.54, 1.807) is 7.11 Å². The van der Waals surface area contributed by atoms with E-state index in [1.165, 1.54) is 30.0 Å². The van der Waals surface area contributed by atoms with Crippen molar-refractivity contribution in [3.8, 4) is 11.5 Å². The van der Waals surface area contributed by atoms with Gasteiger partial charge in [-0.1, -0.05) is 53.8 Å². The number of para-hydroxylation sites is 1. The third-order valence-electron chi connectivity index (χ3n) is 10.4. The first-order chi connectivity index (χ1) is 22.6. The van der Waals surface area contributed by atoms with Crippen LogP contribution in [-0.4, -0.2) is 29.2 Å². The topological polar surface area (TPSA) is 88.7 Å². The van der Waals surface area contributed by atoms with Crippen LogP contribution in [0.2, 0.25) is 0 Å². The Morgan fingerprint density at radius 3 is 2.40 bits per heavy atom. The number of aromatic amines is 1. The number of aromatic nitrogens is 1. The number of carbonyl (C=O) groups is 2. The molecule has 1 aromatic heterocycles. The fourth-order valence-electron chi connectivity index (χ4n) is 8.46. The molecule has 3 fully saturated rings. The lowest BCUT2D eigenvalue weighted by Gasteiger charge is -2.43. The van der Waals surface area contributed by atoms with E-state index >= 15 is 0 Å². The largest absolute Gasteiger partial charge is 0.493 e. The molecule has 0 spiro atoms. The molecular formula is C35H29F3N2O5S2. The van der Waals surface area contributed by atoms with E-state index in [0.29, 0.717) is 24.5 Å². The fourth-order valence-corrected chi connectivity index (χ4v) is 11.3. The number of anilines is 1. The summed E-state index contributed by atoms with van der Waals surface area (Å²) in [7, 11) is 1.57. The van der Waals surface area contributed by atoms with Gasteiger partial charge >= 0.3 is 11.0 Å². The molecule has 4 aliphatic rings. The van der Waals surface area contributed by atoms with Crippen molar-refractivity contribution in [1.29, 1.82) is 0 Å². The molecule has 242 valence electrons. The molecule has 7 nitrogen and oxygen atoms in total. The summed E-state index contributed by atoms with van der Waals surface area (Å²) in [5.41, 5.74) is 1.63. The first-order valence-corrected chi connectivity index (χ1v) is 17.1. The molecule has 2 amide bonds. The highest BCUT2D eigenvalue weighted by atomic mass is 32.2. The van der Waals surface area contributed by atoms with Crippen molar-refractivity contribution >= 4 is 40.6 Å². The second-order valence-corrected chi connectivity index (χ2v) is 14.8. The van der Waals surface area contributed by atoms with E-state index in [4.69, 9.17) is 9.47 Å². The number of amides is 2. The van der Waals surface area contributed by atoms with Gasteiger partial charge in [0.2, 0.25) is 11.8 Å². The number of hydrogen-bond donors (Lipinski definition) is 1. The smallest absolute Gasteiger partial charge is 0.418 e. The summed E-state index contributed by atoms with van der Waals surface area (Å²) in [5.74, 6) is -2.37. The third kappa shape index (κ3) is 4.66. The number of ether oxygens (including phenoxy) is 2. The Hall–Kier alpha value is -4.03. The second-order valence-electron chi connectivity index (χ2n) is 12.6. The molecule has 12 heteroatoms. The first-order valence-electron chi connectivity index (χ1n) is 15.4. The van der Waals surface area contributed by atoms with Crippen molar-refractivity contribution in [1.82, 2.24) is 4.98 Å². The normalized spacial score (nSPS) is 27.5. The molecule has 2 aliphatic carbocycles. The van der Waals surface area contributed by atoms with Gasteiger partial charge in [-0.25, -0.2) is 4.90 Å². The van der Waals surface area contributed by atoms with E-state index < -0.39 is 41.1 Å². The molecule has 47 heavy (non-hydrogen) atoms. The molecule has 0 unspecified atom stereocenters. The van der Waals surface area contributed by atoms with E-state index in [2.05, 4.69) is 4.98 Å². The number of nitrogens with one attached hydrogen (secondary N) is 1. The van der Waals surface area contributed by atoms with Gasteiger partial charge < -0.3 is 14.5 Å². The van der Waals surface area contributed by atoms with Crippen molar-refractivity contribution in [3.63, 3.8) is 0 Å². The highest BCUT2D eigenvalue weighted by molar-refractivity contribution is 8.00. The zero-order chi connectivity index (χ0) is 32.8. The molecule has 2 bridgehead atoms. The molecule has 1 N–H and O–H groups in total. The summed E-state index contributed by atoms with van der Waals surface area (Å²) in [6.07, 6.45) is -4.11. The monoisotopic (exact) mass is 678 g/mol. The number of aryl methyl sites for hydroxylation is 1. The molecule has 4 aromatic rings. The van der Waals surface area contributed by atoms with Gasteiger partial charge in [0, 0.05) is 16.0 Å². The van der Waals surface area contributed by atoms with Crippen LogP contribution < -0.4 is 19.2 Å². The quantitative estimate of drug-likeness (QED) is 0.221. The number of rotatable bonds is 6. The highest BCUT2D eigenvalue weighted by Gasteiger charge is 2.70. The van der Waals surface area contributed by atoms with Crippen molar-refractivity contribution in [2.75, 3.05) is 12.0 Å². The number of carbonyl (C=O) groups excluding carboxylic acids is 2. The maximum atomic E-state index is 14.0. The van der Waals surface area contributed by atoms with Gasteiger partial charge in [-0.05, 0) is 72.1 Å². The molecule has 3 heterocycles. The van der Waals surface area contributed by atoms with Crippen molar-refractivity contribution < 1.29 is 32.2 Å². The Balaban J connectivity index is 1.16. The lowest BCUT2D eigenvalue weighted by Crippen LogP contribution is -2.42. The van der Waals surface area contributed by atoms with Gasteiger partial charge in [-0.3, -0.25) is 14.4 Å². The number of hydrogen-bond acceptors (Lipinski definition) is 7. The van der Waals surface area contributed by atoms with Crippen LogP contribution >= 0.6 is 23.1 Å². The van der Waals surface area contributed by atoms with Crippen molar-refractivity contribution in [2.24, 2.45) is 29.6 Å². The molecule has 1 saturated heterocycles. The number of imide groups is 1. The summed E-state index contributed by atoms with van der Waals surface area (Å²) in [5, 5.41) is 0.631. The molecule has 3 aromatic carbocycles. The number of H-pyrrole nitrogens is 1. The average Bonchev–Trinajstić information content (AvgIpc) is 3.79. The Morgan fingerprint density at radius 2 is 1.66 bits per heavy atom. The number of halogens is 3. The molecular weight excluding hydrogens is 650 g/mol. The van der Waals surface area contributed by atoms with Crippen LogP contribution in [0.5, 0.6) is 11.5 Å². The maximum absolute atomic E-state index is 14.0. The highest BCUT2D eigenvalue weighted by Crippen LogP contribution is 2.69. The van der Waals surface area contributed by atoms with Crippen LogP contribution in [0.25, 0.3) is 0 Å². The number of thiazole rings is 1. The van der Waals surface area contributed by atoms with Crippen LogP contribution in [0, 0.1) is 36.5 Å². The van der Waals surface area contributed by atoms with Crippen LogP contribution in [0.3, 0.4) is 0 Å². The van der Waals surface area contributed by atoms with Gasteiger partial charge in [0.05, 0.1) is 35.2 Å². The zero-order valence-corrected chi connectivity index (χ0v) is 26.9. The van der Waals surface area contributed by atoms with Crippen molar-refractivity contribution in [2.45, 2.75) is 42.3 Å². The summed E-state index contributed by atoms with van der Waals surface area (Å²) in [6.45, 7) is 2.38. The molecule has 2 saturated carbocycles. The summed E-state index contributed by atoms with van der Waals surface area (Å²) in [4.78, 5) is 45.0.